The Labute approximate surface area is 137 Å². The summed E-state index contributed by atoms with van der Waals surface area (Å²) < 4.78 is 5.30. The number of hydrogen-bond acceptors (Lipinski definition) is 4. The van der Waals surface area contributed by atoms with E-state index in [1.165, 1.54) is 12.8 Å². The van der Waals surface area contributed by atoms with Gasteiger partial charge in [0.2, 0.25) is 0 Å². The van der Waals surface area contributed by atoms with E-state index in [2.05, 4.69) is 5.32 Å². The fourth-order valence-corrected chi connectivity index (χ4v) is 2.62. The number of aliphatic hydroxyl groups is 1. The number of aliphatic hydroxyl groups excluding tert-OH is 1. The van der Waals surface area contributed by atoms with Crippen LogP contribution in [0.5, 0.6) is 0 Å². The predicted molar refractivity (Wildman–Crippen MR) is 86.0 cm³/mol. The lowest BCUT2D eigenvalue weighted by Crippen LogP contribution is -2.32. The highest BCUT2D eigenvalue weighted by Crippen LogP contribution is 2.22. The van der Waals surface area contributed by atoms with Gasteiger partial charge in [-0.2, -0.15) is 0 Å². The van der Waals surface area contributed by atoms with Crippen molar-refractivity contribution in [2.75, 3.05) is 19.6 Å². The Bertz CT molecular complexity index is 482. The van der Waals surface area contributed by atoms with Crippen molar-refractivity contribution < 1.29 is 14.6 Å². The Morgan fingerprint density at radius 2 is 2.00 bits per heavy atom. The molecule has 2 aliphatic rings. The van der Waals surface area contributed by atoms with Crippen LogP contribution in [-0.2, 0) is 11.3 Å². The third kappa shape index (κ3) is 4.60. The average Bonchev–Trinajstić information content (AvgIpc) is 3.26. The van der Waals surface area contributed by atoms with Gasteiger partial charge in [-0.25, -0.2) is 4.79 Å². The van der Waals surface area contributed by atoms with E-state index in [9.17, 15) is 9.90 Å². The maximum Gasteiger partial charge on any atom is 0.410 e. The highest BCUT2D eigenvalue weighted by Gasteiger charge is 2.35. The van der Waals surface area contributed by atoms with Gasteiger partial charge in [0.1, 0.15) is 6.61 Å². The molecule has 1 aliphatic carbocycles. The molecule has 0 spiro atoms. The molecule has 1 saturated carbocycles. The number of nitrogens with one attached hydrogen (secondary N) is 1. The van der Waals surface area contributed by atoms with E-state index in [1.54, 1.807) is 4.90 Å². The monoisotopic (exact) mass is 326 g/mol. The summed E-state index contributed by atoms with van der Waals surface area (Å²) in [6.07, 6.45) is 1.66. The number of carbonyl (C=O) groups excluding carboxylic acids is 1. The Hall–Kier alpha value is -1.30. The van der Waals surface area contributed by atoms with E-state index < -0.39 is 6.10 Å². The first-order valence-electron chi connectivity index (χ1n) is 7.59. The lowest BCUT2D eigenvalue weighted by atomic mass is 10.1. The first-order chi connectivity index (χ1) is 10.2. The smallest absolute Gasteiger partial charge is 0.410 e. The second-order valence-electron chi connectivity index (χ2n) is 5.96. The Morgan fingerprint density at radius 3 is 2.68 bits per heavy atom. The van der Waals surface area contributed by atoms with Crippen LogP contribution >= 0.6 is 12.4 Å². The molecule has 0 aromatic heterocycles. The second kappa shape index (κ2) is 7.81. The van der Waals surface area contributed by atoms with Gasteiger partial charge in [0, 0.05) is 25.0 Å². The highest BCUT2D eigenvalue weighted by atomic mass is 35.5. The molecule has 0 bridgehead atoms. The zero-order chi connectivity index (χ0) is 14.7. The standard InChI is InChI=1S/C16H22N2O3.ClH/c19-15-10-18(9-13(15)8-17-14-6-7-14)16(20)21-11-12-4-2-1-3-5-12;/h1-5,13-15,17,19H,6-11H2;1H/t13-,15-;/m1./s1. The fraction of sp³-hybridized carbons (Fsp3) is 0.562. The van der Waals surface area contributed by atoms with E-state index in [4.69, 9.17) is 4.74 Å². The first-order valence-corrected chi connectivity index (χ1v) is 7.59. The van der Waals surface area contributed by atoms with Crippen LogP contribution in [0.25, 0.3) is 0 Å². The third-order valence-corrected chi connectivity index (χ3v) is 4.12. The number of amides is 1. The minimum absolute atomic E-state index is 0. The number of hydrogen-bond donors (Lipinski definition) is 2. The summed E-state index contributed by atoms with van der Waals surface area (Å²) >= 11 is 0. The van der Waals surface area contributed by atoms with Crippen molar-refractivity contribution in [1.82, 2.24) is 10.2 Å². The van der Waals surface area contributed by atoms with Gasteiger partial charge in [0.25, 0.3) is 0 Å². The number of ether oxygens (including phenoxy) is 1. The van der Waals surface area contributed by atoms with Crippen molar-refractivity contribution in [1.29, 1.82) is 0 Å². The van der Waals surface area contributed by atoms with Gasteiger partial charge in [-0.1, -0.05) is 30.3 Å². The number of β-amino-alcohol motifs (C(OH)–C–C–N with tert-alkyl or cyclic N) is 1. The maximum absolute atomic E-state index is 12.0. The zero-order valence-electron chi connectivity index (χ0n) is 12.5. The number of benzene rings is 1. The minimum Gasteiger partial charge on any atom is -0.445 e. The summed E-state index contributed by atoms with van der Waals surface area (Å²) in [6.45, 7) is 1.98. The molecule has 1 aromatic carbocycles. The Morgan fingerprint density at radius 1 is 1.27 bits per heavy atom. The molecule has 1 heterocycles. The molecule has 5 nitrogen and oxygen atoms in total. The number of nitrogens with zero attached hydrogens (tertiary/aromatic N) is 1. The molecular formula is C16H23ClN2O3. The molecule has 1 saturated heterocycles. The Kier molecular flexibility index (Phi) is 6.06. The normalized spacial score (nSPS) is 24.0. The number of rotatable bonds is 5. The predicted octanol–water partition coefficient (Wildman–Crippen LogP) is 1.79. The molecule has 2 atom stereocenters. The van der Waals surface area contributed by atoms with E-state index in [0.717, 1.165) is 12.1 Å². The zero-order valence-corrected chi connectivity index (χ0v) is 13.3. The van der Waals surface area contributed by atoms with Gasteiger partial charge in [0.05, 0.1) is 12.6 Å². The highest BCUT2D eigenvalue weighted by molar-refractivity contribution is 5.85. The van der Waals surface area contributed by atoms with Gasteiger partial charge < -0.3 is 20.1 Å². The van der Waals surface area contributed by atoms with Gasteiger partial charge >= 0.3 is 6.09 Å². The maximum atomic E-state index is 12.0. The summed E-state index contributed by atoms with van der Waals surface area (Å²) in [5.74, 6) is 0.106. The van der Waals surface area contributed by atoms with Crippen molar-refractivity contribution in [3.63, 3.8) is 0 Å². The molecule has 3 rings (SSSR count). The van der Waals surface area contributed by atoms with Crippen molar-refractivity contribution >= 4 is 18.5 Å². The van der Waals surface area contributed by atoms with Crippen LogP contribution in [0, 0.1) is 5.92 Å². The van der Waals surface area contributed by atoms with Crippen molar-refractivity contribution in [2.45, 2.75) is 31.6 Å². The molecule has 1 aliphatic heterocycles. The van der Waals surface area contributed by atoms with Gasteiger partial charge in [-0.3, -0.25) is 0 Å². The molecule has 1 amide bonds. The molecule has 2 N–H and O–H groups in total. The van der Waals surface area contributed by atoms with E-state index in [0.29, 0.717) is 19.1 Å². The van der Waals surface area contributed by atoms with Crippen molar-refractivity contribution in [3.8, 4) is 0 Å². The lowest BCUT2D eigenvalue weighted by molar-refractivity contribution is 0.0967. The lowest BCUT2D eigenvalue weighted by Gasteiger charge is -2.16. The first kappa shape index (κ1) is 17.1. The molecule has 0 radical (unpaired) electrons. The molecule has 6 heteroatoms. The van der Waals surface area contributed by atoms with E-state index in [-0.39, 0.29) is 31.0 Å². The SMILES string of the molecule is Cl.O=C(OCc1ccccc1)N1C[C@@H](CNC2CC2)[C@H](O)C1. The van der Waals surface area contributed by atoms with Crippen LogP contribution in [0.15, 0.2) is 30.3 Å². The Balaban J connectivity index is 0.00000176. The van der Waals surface area contributed by atoms with E-state index in [1.807, 2.05) is 30.3 Å². The second-order valence-corrected chi connectivity index (χ2v) is 5.96. The number of halogens is 1. The largest absolute Gasteiger partial charge is 0.445 e. The van der Waals surface area contributed by atoms with Crippen LogP contribution < -0.4 is 5.32 Å². The molecule has 0 unspecified atom stereocenters. The van der Waals surface area contributed by atoms with Gasteiger partial charge in [-0.05, 0) is 18.4 Å². The summed E-state index contributed by atoms with van der Waals surface area (Å²) in [5.41, 5.74) is 0.970. The number of carbonyl (C=O) groups is 1. The van der Waals surface area contributed by atoms with Crippen LogP contribution in [0.2, 0.25) is 0 Å². The van der Waals surface area contributed by atoms with Crippen LogP contribution in [0.3, 0.4) is 0 Å². The van der Waals surface area contributed by atoms with Crippen LogP contribution in [0.4, 0.5) is 4.79 Å². The number of likely N-dealkylation sites (tertiary alicyclic amines) is 1. The molecular weight excluding hydrogens is 304 g/mol. The summed E-state index contributed by atoms with van der Waals surface area (Å²) in [6, 6.07) is 10.2. The molecule has 2 fully saturated rings. The minimum atomic E-state index is -0.458. The van der Waals surface area contributed by atoms with Gasteiger partial charge in [-0.15, -0.1) is 12.4 Å². The van der Waals surface area contributed by atoms with Gasteiger partial charge in [0.15, 0.2) is 0 Å². The summed E-state index contributed by atoms with van der Waals surface area (Å²) in [5, 5.41) is 13.4. The topological polar surface area (TPSA) is 61.8 Å². The third-order valence-electron chi connectivity index (χ3n) is 4.12. The van der Waals surface area contributed by atoms with E-state index >= 15 is 0 Å². The average molecular weight is 327 g/mol. The van der Waals surface area contributed by atoms with Crippen LogP contribution in [0.1, 0.15) is 18.4 Å². The summed E-state index contributed by atoms with van der Waals surface area (Å²) in [4.78, 5) is 13.6. The molecule has 122 valence electrons. The quantitative estimate of drug-likeness (QED) is 0.866. The molecule has 22 heavy (non-hydrogen) atoms. The van der Waals surface area contributed by atoms with Crippen LogP contribution in [-0.4, -0.2) is 47.9 Å². The fourth-order valence-electron chi connectivity index (χ4n) is 2.62. The van der Waals surface area contributed by atoms with Crippen molar-refractivity contribution in [2.24, 2.45) is 5.92 Å². The summed E-state index contributed by atoms with van der Waals surface area (Å²) in [7, 11) is 0. The van der Waals surface area contributed by atoms with Crippen molar-refractivity contribution in [3.05, 3.63) is 35.9 Å². The molecule has 1 aromatic rings.